The van der Waals surface area contributed by atoms with Crippen LogP contribution in [0.15, 0.2) is 79.1 Å². The molecule has 0 saturated carbocycles. The zero-order valence-corrected chi connectivity index (χ0v) is 18.6. The highest BCUT2D eigenvalue weighted by atomic mass is 15.2. The molecule has 0 aliphatic carbocycles. The Bertz CT molecular complexity index is 1200. The number of hydrogen-bond donors (Lipinski definition) is 1. The third kappa shape index (κ3) is 3.59. The first-order valence-electron chi connectivity index (χ1n) is 11.8. The van der Waals surface area contributed by atoms with Gasteiger partial charge in [-0.05, 0) is 80.2 Å². The van der Waals surface area contributed by atoms with Crippen molar-refractivity contribution in [2.24, 2.45) is 5.92 Å². The molecule has 0 radical (unpaired) electrons. The van der Waals surface area contributed by atoms with Gasteiger partial charge in [-0.2, -0.15) is 0 Å². The van der Waals surface area contributed by atoms with Gasteiger partial charge < -0.3 is 9.88 Å². The summed E-state index contributed by atoms with van der Waals surface area (Å²) in [6.45, 7) is 5.76. The topological polar surface area (TPSA) is 33.1 Å². The number of fused-ring (bicyclic) bond motifs is 4. The summed E-state index contributed by atoms with van der Waals surface area (Å²) in [4.78, 5) is 7.39. The van der Waals surface area contributed by atoms with E-state index in [2.05, 4.69) is 94.6 Å². The summed E-state index contributed by atoms with van der Waals surface area (Å²) in [5.41, 5.74) is 4.96. The number of piperidine rings is 3. The van der Waals surface area contributed by atoms with E-state index >= 15 is 0 Å². The van der Waals surface area contributed by atoms with Crippen molar-refractivity contribution in [2.45, 2.75) is 38.4 Å². The molecule has 32 heavy (non-hydrogen) atoms. The Morgan fingerprint density at radius 1 is 0.938 bits per heavy atom. The lowest BCUT2D eigenvalue weighted by Gasteiger charge is -2.50. The first-order valence-corrected chi connectivity index (χ1v) is 11.8. The zero-order valence-electron chi connectivity index (χ0n) is 18.6. The van der Waals surface area contributed by atoms with Crippen LogP contribution < -0.4 is 5.32 Å². The third-order valence-electron chi connectivity index (χ3n) is 7.56. The van der Waals surface area contributed by atoms with Crippen LogP contribution in [0, 0.1) is 5.92 Å². The molecule has 7 rings (SSSR count). The lowest BCUT2D eigenvalue weighted by molar-refractivity contribution is 0.0457. The highest BCUT2D eigenvalue weighted by molar-refractivity contribution is 5.85. The molecule has 4 heteroatoms. The van der Waals surface area contributed by atoms with Crippen LogP contribution in [0.5, 0.6) is 0 Å². The molecular weight excluding hydrogens is 392 g/mol. The summed E-state index contributed by atoms with van der Waals surface area (Å²) in [5.74, 6) is 1.77. The van der Waals surface area contributed by atoms with Crippen LogP contribution >= 0.6 is 0 Å². The Hall–Kier alpha value is -3.11. The second-order valence-corrected chi connectivity index (χ2v) is 9.42. The minimum atomic E-state index is 0.511. The molecule has 2 bridgehead atoms. The summed E-state index contributed by atoms with van der Waals surface area (Å²) in [6, 6.07) is 25.0. The minimum Gasteiger partial charge on any atom is -0.365 e. The Balaban J connectivity index is 1.20. The first kappa shape index (κ1) is 19.6. The van der Waals surface area contributed by atoms with Crippen LogP contribution in [-0.2, 0) is 6.54 Å². The number of nitrogens with zero attached hydrogens (tertiary/aromatic N) is 3. The number of rotatable bonds is 5. The summed E-state index contributed by atoms with van der Waals surface area (Å²) in [5, 5.41) is 5.01. The molecule has 2 atom stereocenters. The number of nitrogens with one attached hydrogen (secondary N) is 1. The van der Waals surface area contributed by atoms with Gasteiger partial charge >= 0.3 is 0 Å². The quantitative estimate of drug-likeness (QED) is 0.451. The monoisotopic (exact) mass is 422 g/mol. The van der Waals surface area contributed by atoms with E-state index in [4.69, 9.17) is 4.98 Å². The standard InChI is InChI=1S/C28H30N4/c1-20-28(22-11-14-31(20)15-12-22)30-27-10-8-25(18-29-27)23-7-9-26-24(17-23)13-16-32(26)19-21-5-3-2-4-6-21/h2-10,13,16-18,20,22,28H,11-12,14-15,19H2,1H3,(H,29,30)/t20-,28+/m1/s1. The van der Waals surface area contributed by atoms with E-state index in [0.29, 0.717) is 12.1 Å². The van der Waals surface area contributed by atoms with Gasteiger partial charge in [-0.3, -0.25) is 4.90 Å². The number of anilines is 1. The van der Waals surface area contributed by atoms with Crippen molar-refractivity contribution in [1.82, 2.24) is 14.5 Å². The molecule has 2 aromatic heterocycles. The highest BCUT2D eigenvalue weighted by Gasteiger charge is 2.39. The zero-order chi connectivity index (χ0) is 21.5. The van der Waals surface area contributed by atoms with Gasteiger partial charge in [0.2, 0.25) is 0 Å². The number of pyridine rings is 1. The Labute approximate surface area is 189 Å². The molecule has 5 heterocycles. The number of aromatic nitrogens is 2. The molecule has 3 aliphatic heterocycles. The molecule has 3 saturated heterocycles. The van der Waals surface area contributed by atoms with Crippen molar-refractivity contribution >= 4 is 16.7 Å². The third-order valence-corrected chi connectivity index (χ3v) is 7.56. The summed E-state index contributed by atoms with van der Waals surface area (Å²) in [6.07, 6.45) is 6.81. The molecule has 3 aliphatic rings. The molecule has 0 spiro atoms. The number of benzene rings is 2. The second kappa shape index (κ2) is 8.10. The van der Waals surface area contributed by atoms with Gasteiger partial charge in [-0.1, -0.05) is 36.4 Å². The van der Waals surface area contributed by atoms with Gasteiger partial charge in [0.1, 0.15) is 5.82 Å². The van der Waals surface area contributed by atoms with E-state index in [9.17, 15) is 0 Å². The molecule has 4 nitrogen and oxygen atoms in total. The Kier molecular flexibility index (Phi) is 4.95. The van der Waals surface area contributed by atoms with E-state index in [1.807, 2.05) is 6.20 Å². The van der Waals surface area contributed by atoms with Gasteiger partial charge in [0, 0.05) is 47.5 Å². The maximum Gasteiger partial charge on any atom is 0.126 e. The summed E-state index contributed by atoms with van der Waals surface area (Å²) in [7, 11) is 0. The molecule has 162 valence electrons. The van der Waals surface area contributed by atoms with Gasteiger partial charge in [0.15, 0.2) is 0 Å². The van der Waals surface area contributed by atoms with Crippen molar-refractivity contribution in [2.75, 3.05) is 18.4 Å². The van der Waals surface area contributed by atoms with Gasteiger partial charge in [0.25, 0.3) is 0 Å². The Morgan fingerprint density at radius 2 is 1.75 bits per heavy atom. The number of hydrogen-bond acceptors (Lipinski definition) is 3. The van der Waals surface area contributed by atoms with Crippen LogP contribution in [-0.4, -0.2) is 39.6 Å². The van der Waals surface area contributed by atoms with Gasteiger partial charge in [-0.15, -0.1) is 0 Å². The molecule has 4 aromatic rings. The predicted octanol–water partition coefficient (Wildman–Crippen LogP) is 5.65. The van der Waals surface area contributed by atoms with Crippen molar-refractivity contribution in [3.05, 3.63) is 84.7 Å². The fourth-order valence-electron chi connectivity index (χ4n) is 5.66. The molecule has 0 amide bonds. The van der Waals surface area contributed by atoms with Gasteiger partial charge in [-0.25, -0.2) is 4.98 Å². The maximum absolute atomic E-state index is 4.77. The van der Waals surface area contributed by atoms with Crippen molar-refractivity contribution in [3.63, 3.8) is 0 Å². The normalized spacial score (nSPS) is 24.7. The molecule has 1 N–H and O–H groups in total. The SMILES string of the molecule is C[C@@H]1[C@H](Nc2ccc(-c3ccc4c(ccn4Cc4ccccc4)c3)cn2)C2CCN1CC2. The highest BCUT2D eigenvalue weighted by Crippen LogP contribution is 2.34. The van der Waals surface area contributed by atoms with Gasteiger partial charge in [0.05, 0.1) is 0 Å². The average molecular weight is 423 g/mol. The van der Waals surface area contributed by atoms with E-state index < -0.39 is 0 Å². The smallest absolute Gasteiger partial charge is 0.126 e. The molecule has 2 aromatic carbocycles. The van der Waals surface area contributed by atoms with E-state index in [1.165, 1.54) is 48.0 Å². The second-order valence-electron chi connectivity index (χ2n) is 9.42. The van der Waals surface area contributed by atoms with Crippen LogP contribution in [0.2, 0.25) is 0 Å². The molecule has 3 fully saturated rings. The Morgan fingerprint density at radius 3 is 2.50 bits per heavy atom. The fourth-order valence-corrected chi connectivity index (χ4v) is 5.66. The summed E-state index contributed by atoms with van der Waals surface area (Å²) < 4.78 is 2.31. The van der Waals surface area contributed by atoms with E-state index in [-0.39, 0.29) is 0 Å². The van der Waals surface area contributed by atoms with Crippen LogP contribution in [0.1, 0.15) is 25.3 Å². The first-order chi connectivity index (χ1) is 15.7. The van der Waals surface area contributed by atoms with Crippen LogP contribution in [0.4, 0.5) is 5.82 Å². The van der Waals surface area contributed by atoms with Crippen molar-refractivity contribution in [3.8, 4) is 11.1 Å². The van der Waals surface area contributed by atoms with Crippen LogP contribution in [0.25, 0.3) is 22.0 Å². The fraction of sp³-hybridized carbons (Fsp3) is 0.321. The maximum atomic E-state index is 4.77. The van der Waals surface area contributed by atoms with Crippen molar-refractivity contribution < 1.29 is 0 Å². The minimum absolute atomic E-state index is 0.511. The van der Waals surface area contributed by atoms with E-state index in [0.717, 1.165) is 23.8 Å². The lowest BCUT2D eigenvalue weighted by atomic mass is 9.79. The molecule has 0 unspecified atom stereocenters. The molecular formula is C28H30N4. The predicted molar refractivity (Wildman–Crippen MR) is 132 cm³/mol. The van der Waals surface area contributed by atoms with Crippen LogP contribution in [0.3, 0.4) is 0 Å². The van der Waals surface area contributed by atoms with E-state index in [1.54, 1.807) is 0 Å². The lowest BCUT2D eigenvalue weighted by Crippen LogP contribution is -2.59. The summed E-state index contributed by atoms with van der Waals surface area (Å²) >= 11 is 0. The average Bonchev–Trinajstić information content (AvgIpc) is 3.24. The largest absolute Gasteiger partial charge is 0.365 e. The van der Waals surface area contributed by atoms with Crippen molar-refractivity contribution in [1.29, 1.82) is 0 Å².